The molecule has 1 heterocycles. The average molecular weight is 278 g/mol. The minimum Gasteiger partial charge on any atom is -0.373 e. The van der Waals surface area contributed by atoms with Crippen molar-refractivity contribution in [3.8, 4) is 0 Å². The lowest BCUT2D eigenvalue weighted by molar-refractivity contribution is -0.118. The van der Waals surface area contributed by atoms with Crippen LogP contribution in [-0.4, -0.2) is 36.9 Å². The smallest absolute Gasteiger partial charge is 0.251 e. The number of aromatic nitrogens is 1. The molecule has 0 bridgehead atoms. The Hall–Kier alpha value is -2.11. The monoisotopic (exact) mass is 278 g/mol. The summed E-state index contributed by atoms with van der Waals surface area (Å²) in [5, 5.41) is 8.34. The number of carbonyl (C=O) groups is 2. The first-order chi connectivity index (χ1) is 9.43. The van der Waals surface area contributed by atoms with Gasteiger partial charge in [0.25, 0.3) is 5.91 Å². The molecule has 6 heteroatoms. The first-order valence-corrected chi connectivity index (χ1v) is 6.66. The summed E-state index contributed by atoms with van der Waals surface area (Å²) in [6.45, 7) is 6.31. The summed E-state index contributed by atoms with van der Waals surface area (Å²) in [4.78, 5) is 27.2. The third-order valence-electron chi connectivity index (χ3n) is 2.74. The molecule has 0 saturated heterocycles. The Bertz CT molecular complexity index is 486. The van der Waals surface area contributed by atoms with Gasteiger partial charge >= 0.3 is 0 Å². The van der Waals surface area contributed by atoms with E-state index in [2.05, 4.69) is 20.9 Å². The van der Waals surface area contributed by atoms with Crippen LogP contribution >= 0.6 is 0 Å². The van der Waals surface area contributed by atoms with Crippen molar-refractivity contribution in [2.24, 2.45) is 0 Å². The third kappa shape index (κ3) is 4.87. The maximum atomic E-state index is 12.1. The van der Waals surface area contributed by atoms with Crippen LogP contribution in [-0.2, 0) is 4.79 Å². The number of carbonyl (C=O) groups excluding carboxylic acids is 2. The van der Waals surface area contributed by atoms with Gasteiger partial charge in [-0.05, 0) is 18.1 Å². The van der Waals surface area contributed by atoms with E-state index in [0.29, 0.717) is 24.5 Å². The summed E-state index contributed by atoms with van der Waals surface area (Å²) < 4.78 is 0. The quantitative estimate of drug-likeness (QED) is 0.681. The van der Waals surface area contributed by atoms with Crippen LogP contribution in [0.1, 0.15) is 42.7 Å². The molecule has 0 saturated carbocycles. The number of hydrogen-bond acceptors (Lipinski definition) is 4. The predicted molar refractivity (Wildman–Crippen MR) is 78.9 cm³/mol. The Balaban J connectivity index is 2.71. The van der Waals surface area contributed by atoms with Crippen molar-refractivity contribution in [3.05, 3.63) is 23.4 Å². The molecule has 1 rings (SSSR count). The van der Waals surface area contributed by atoms with Crippen molar-refractivity contribution >= 4 is 17.6 Å². The van der Waals surface area contributed by atoms with E-state index in [-0.39, 0.29) is 17.7 Å². The molecule has 2 amide bonds. The lowest BCUT2D eigenvalue weighted by atomic mass is 10.1. The maximum absolute atomic E-state index is 12.1. The van der Waals surface area contributed by atoms with Crippen LogP contribution in [0.3, 0.4) is 0 Å². The minimum atomic E-state index is -0.170. The topological polar surface area (TPSA) is 83.1 Å². The maximum Gasteiger partial charge on any atom is 0.251 e. The van der Waals surface area contributed by atoms with Crippen LogP contribution in [0.4, 0.5) is 5.82 Å². The van der Waals surface area contributed by atoms with E-state index in [9.17, 15) is 9.59 Å². The molecular formula is C14H22N4O2. The molecule has 0 radical (unpaired) electrons. The minimum absolute atomic E-state index is 0.109. The van der Waals surface area contributed by atoms with Gasteiger partial charge in [0, 0.05) is 38.3 Å². The Labute approximate surface area is 119 Å². The molecule has 20 heavy (non-hydrogen) atoms. The molecule has 0 aromatic carbocycles. The second-order valence-electron chi connectivity index (χ2n) is 4.81. The summed E-state index contributed by atoms with van der Waals surface area (Å²) in [6.07, 6.45) is 0. The molecule has 0 aliphatic rings. The van der Waals surface area contributed by atoms with Crippen LogP contribution in [0.2, 0.25) is 0 Å². The normalized spacial score (nSPS) is 10.2. The van der Waals surface area contributed by atoms with Crippen LogP contribution in [0, 0.1) is 0 Å². The fourth-order valence-corrected chi connectivity index (χ4v) is 1.62. The summed E-state index contributed by atoms with van der Waals surface area (Å²) in [5.74, 6) is 0.635. The van der Waals surface area contributed by atoms with Gasteiger partial charge in [-0.3, -0.25) is 9.59 Å². The van der Waals surface area contributed by atoms with Gasteiger partial charge in [-0.15, -0.1) is 0 Å². The Morgan fingerprint density at radius 3 is 2.40 bits per heavy atom. The first kappa shape index (κ1) is 15.9. The molecule has 0 unspecified atom stereocenters. The molecule has 110 valence electrons. The van der Waals surface area contributed by atoms with Crippen molar-refractivity contribution in [1.82, 2.24) is 15.6 Å². The molecule has 3 N–H and O–H groups in total. The second kappa shape index (κ2) is 7.47. The Morgan fingerprint density at radius 2 is 1.85 bits per heavy atom. The van der Waals surface area contributed by atoms with Gasteiger partial charge in [0.05, 0.1) is 0 Å². The van der Waals surface area contributed by atoms with Crippen molar-refractivity contribution in [2.75, 3.05) is 25.5 Å². The van der Waals surface area contributed by atoms with E-state index in [1.165, 1.54) is 6.92 Å². The van der Waals surface area contributed by atoms with Gasteiger partial charge in [0.1, 0.15) is 5.82 Å². The summed E-state index contributed by atoms with van der Waals surface area (Å²) in [5.41, 5.74) is 1.43. The molecule has 1 aromatic rings. The molecule has 6 nitrogen and oxygen atoms in total. The van der Waals surface area contributed by atoms with Gasteiger partial charge in [0.15, 0.2) is 0 Å². The average Bonchev–Trinajstić information content (AvgIpc) is 2.42. The fraction of sp³-hybridized carbons (Fsp3) is 0.500. The number of pyridine rings is 1. The zero-order valence-corrected chi connectivity index (χ0v) is 12.4. The van der Waals surface area contributed by atoms with Crippen molar-refractivity contribution in [3.63, 3.8) is 0 Å². The van der Waals surface area contributed by atoms with E-state index in [4.69, 9.17) is 0 Å². The van der Waals surface area contributed by atoms with E-state index < -0.39 is 0 Å². The van der Waals surface area contributed by atoms with E-state index in [1.54, 1.807) is 19.2 Å². The predicted octanol–water partition coefficient (Wildman–Crippen LogP) is 1.11. The van der Waals surface area contributed by atoms with Crippen molar-refractivity contribution < 1.29 is 9.59 Å². The number of nitrogens with one attached hydrogen (secondary N) is 3. The summed E-state index contributed by atoms with van der Waals surface area (Å²) in [7, 11) is 1.77. The number of anilines is 1. The van der Waals surface area contributed by atoms with Crippen LogP contribution in [0.25, 0.3) is 0 Å². The standard InChI is InChI=1S/C14H22N4O2/c1-9(2)12-7-11(8-13(15-4)18-12)14(20)17-6-5-16-10(3)19/h7-9H,5-6H2,1-4H3,(H,15,18)(H,16,19)(H,17,20). The Morgan fingerprint density at radius 1 is 1.20 bits per heavy atom. The highest BCUT2D eigenvalue weighted by Gasteiger charge is 2.11. The lowest BCUT2D eigenvalue weighted by Crippen LogP contribution is -2.33. The summed E-state index contributed by atoms with van der Waals surface area (Å²) >= 11 is 0. The van der Waals surface area contributed by atoms with Gasteiger partial charge < -0.3 is 16.0 Å². The highest BCUT2D eigenvalue weighted by Crippen LogP contribution is 2.17. The van der Waals surface area contributed by atoms with E-state index >= 15 is 0 Å². The molecule has 1 aromatic heterocycles. The van der Waals surface area contributed by atoms with Crippen LogP contribution < -0.4 is 16.0 Å². The number of amides is 2. The number of hydrogen-bond donors (Lipinski definition) is 3. The third-order valence-corrected chi connectivity index (χ3v) is 2.74. The summed E-state index contributed by atoms with van der Waals surface area (Å²) in [6, 6.07) is 3.50. The molecule has 0 atom stereocenters. The zero-order chi connectivity index (χ0) is 15.1. The van der Waals surface area contributed by atoms with Crippen LogP contribution in [0.5, 0.6) is 0 Å². The van der Waals surface area contributed by atoms with E-state index in [0.717, 1.165) is 5.69 Å². The number of rotatable bonds is 6. The highest BCUT2D eigenvalue weighted by molar-refractivity contribution is 5.95. The SMILES string of the molecule is CNc1cc(C(=O)NCCNC(C)=O)cc(C(C)C)n1. The Kier molecular flexibility index (Phi) is 5.96. The first-order valence-electron chi connectivity index (χ1n) is 6.66. The van der Waals surface area contributed by atoms with Gasteiger partial charge in [-0.1, -0.05) is 13.8 Å². The molecule has 0 aliphatic carbocycles. The van der Waals surface area contributed by atoms with Crippen LogP contribution in [0.15, 0.2) is 12.1 Å². The van der Waals surface area contributed by atoms with E-state index in [1.807, 2.05) is 13.8 Å². The van der Waals surface area contributed by atoms with Crippen molar-refractivity contribution in [1.29, 1.82) is 0 Å². The zero-order valence-electron chi connectivity index (χ0n) is 12.4. The molecular weight excluding hydrogens is 256 g/mol. The van der Waals surface area contributed by atoms with Crippen molar-refractivity contribution in [2.45, 2.75) is 26.7 Å². The van der Waals surface area contributed by atoms with Gasteiger partial charge in [0.2, 0.25) is 5.91 Å². The molecule has 0 aliphatic heterocycles. The largest absolute Gasteiger partial charge is 0.373 e. The number of nitrogens with zero attached hydrogens (tertiary/aromatic N) is 1. The molecule has 0 fully saturated rings. The van der Waals surface area contributed by atoms with Gasteiger partial charge in [-0.25, -0.2) is 4.98 Å². The lowest BCUT2D eigenvalue weighted by Gasteiger charge is -2.11. The highest BCUT2D eigenvalue weighted by atomic mass is 16.2. The second-order valence-corrected chi connectivity index (χ2v) is 4.81. The fourth-order valence-electron chi connectivity index (χ4n) is 1.62. The molecule has 0 spiro atoms. The van der Waals surface area contributed by atoms with Gasteiger partial charge in [-0.2, -0.15) is 0 Å².